The minimum absolute atomic E-state index is 0.162. The number of aryl methyl sites for hydroxylation is 1. The van der Waals surface area contributed by atoms with Crippen molar-refractivity contribution in [3.8, 4) is 0 Å². The summed E-state index contributed by atoms with van der Waals surface area (Å²) in [4.78, 5) is 2.52. The molecule has 100 valence electrons. The first-order valence-electron chi connectivity index (χ1n) is 6.95. The fraction of sp³-hybridized carbons (Fsp3) is 0.625. The fourth-order valence-electron chi connectivity index (χ4n) is 3.21. The number of nitrogens with zero attached hydrogens (tertiary/aromatic N) is 1. The fourth-order valence-corrected chi connectivity index (χ4v) is 3.21. The summed E-state index contributed by atoms with van der Waals surface area (Å²) in [7, 11) is 0. The predicted octanol–water partition coefficient (Wildman–Crippen LogP) is 3.43. The molecule has 1 unspecified atom stereocenters. The average Bonchev–Trinajstić information content (AvgIpc) is 2.51. The molecule has 0 bridgehead atoms. The molecule has 18 heavy (non-hydrogen) atoms. The SMILES string of the molecule is Cc1cccc(C(C)C)c1N1CC(N)CC1(C)C. The van der Waals surface area contributed by atoms with Gasteiger partial charge in [-0.2, -0.15) is 0 Å². The summed E-state index contributed by atoms with van der Waals surface area (Å²) < 4.78 is 0. The molecule has 2 nitrogen and oxygen atoms in total. The van der Waals surface area contributed by atoms with Crippen molar-refractivity contribution < 1.29 is 0 Å². The summed E-state index contributed by atoms with van der Waals surface area (Å²) >= 11 is 0. The Labute approximate surface area is 111 Å². The van der Waals surface area contributed by atoms with Crippen LogP contribution >= 0.6 is 0 Å². The van der Waals surface area contributed by atoms with Crippen molar-refractivity contribution in [1.29, 1.82) is 0 Å². The van der Waals surface area contributed by atoms with E-state index in [9.17, 15) is 0 Å². The van der Waals surface area contributed by atoms with Gasteiger partial charge in [-0.05, 0) is 44.2 Å². The summed E-state index contributed by atoms with van der Waals surface area (Å²) in [6, 6.07) is 6.92. The molecule has 0 aliphatic carbocycles. The zero-order valence-electron chi connectivity index (χ0n) is 12.3. The average molecular weight is 246 g/mol. The highest BCUT2D eigenvalue weighted by atomic mass is 15.2. The quantitative estimate of drug-likeness (QED) is 0.866. The van der Waals surface area contributed by atoms with Gasteiger partial charge in [0, 0.05) is 23.8 Å². The minimum atomic E-state index is 0.162. The van der Waals surface area contributed by atoms with Crippen molar-refractivity contribution in [2.75, 3.05) is 11.4 Å². The van der Waals surface area contributed by atoms with Gasteiger partial charge in [-0.1, -0.05) is 32.0 Å². The second kappa shape index (κ2) is 4.58. The van der Waals surface area contributed by atoms with Crippen LogP contribution in [0.25, 0.3) is 0 Å². The van der Waals surface area contributed by atoms with Gasteiger partial charge in [-0.15, -0.1) is 0 Å². The summed E-state index contributed by atoms with van der Waals surface area (Å²) in [6.07, 6.45) is 1.07. The highest BCUT2D eigenvalue weighted by Gasteiger charge is 2.38. The van der Waals surface area contributed by atoms with E-state index in [4.69, 9.17) is 5.73 Å². The van der Waals surface area contributed by atoms with Crippen LogP contribution in [0.2, 0.25) is 0 Å². The predicted molar refractivity (Wildman–Crippen MR) is 79.3 cm³/mol. The Balaban J connectivity index is 2.51. The monoisotopic (exact) mass is 246 g/mol. The molecule has 1 aliphatic rings. The lowest BCUT2D eigenvalue weighted by Crippen LogP contribution is -2.39. The third-order valence-corrected chi connectivity index (χ3v) is 4.07. The van der Waals surface area contributed by atoms with Crippen molar-refractivity contribution in [2.24, 2.45) is 5.73 Å². The van der Waals surface area contributed by atoms with Gasteiger partial charge in [0.15, 0.2) is 0 Å². The lowest BCUT2D eigenvalue weighted by molar-refractivity contribution is 0.504. The van der Waals surface area contributed by atoms with Crippen LogP contribution in [0, 0.1) is 6.92 Å². The van der Waals surface area contributed by atoms with E-state index in [0.717, 1.165) is 13.0 Å². The molecule has 1 atom stereocenters. The summed E-state index contributed by atoms with van der Waals surface area (Å²) in [5.74, 6) is 0.549. The molecular formula is C16H26N2. The third kappa shape index (κ3) is 2.26. The van der Waals surface area contributed by atoms with Crippen LogP contribution in [-0.2, 0) is 0 Å². The van der Waals surface area contributed by atoms with Gasteiger partial charge in [-0.3, -0.25) is 0 Å². The molecular weight excluding hydrogens is 220 g/mol. The standard InChI is InChI=1S/C16H26N2/c1-11(2)14-8-6-7-12(3)15(14)18-10-13(17)9-16(18,4)5/h6-8,11,13H,9-10,17H2,1-5H3. The van der Waals surface area contributed by atoms with Crippen LogP contribution in [-0.4, -0.2) is 18.1 Å². The first-order valence-corrected chi connectivity index (χ1v) is 6.95. The largest absolute Gasteiger partial charge is 0.364 e. The number of benzene rings is 1. The van der Waals surface area contributed by atoms with E-state index in [2.05, 4.69) is 57.7 Å². The van der Waals surface area contributed by atoms with Crippen LogP contribution in [0.15, 0.2) is 18.2 Å². The smallest absolute Gasteiger partial charge is 0.0436 e. The van der Waals surface area contributed by atoms with E-state index in [1.165, 1.54) is 16.8 Å². The van der Waals surface area contributed by atoms with Gasteiger partial charge in [0.25, 0.3) is 0 Å². The van der Waals surface area contributed by atoms with Gasteiger partial charge in [0.1, 0.15) is 0 Å². The first kappa shape index (κ1) is 13.4. The third-order valence-electron chi connectivity index (χ3n) is 4.07. The molecule has 0 amide bonds. The van der Waals surface area contributed by atoms with Crippen molar-refractivity contribution in [2.45, 2.75) is 58.5 Å². The lowest BCUT2D eigenvalue weighted by Gasteiger charge is -2.36. The number of para-hydroxylation sites is 1. The normalized spacial score (nSPS) is 22.8. The highest BCUT2D eigenvalue weighted by Crippen LogP contribution is 2.39. The Kier molecular flexibility index (Phi) is 3.41. The van der Waals surface area contributed by atoms with E-state index in [1.807, 2.05) is 0 Å². The molecule has 1 fully saturated rings. The number of nitrogens with two attached hydrogens (primary N) is 1. The maximum absolute atomic E-state index is 6.17. The van der Waals surface area contributed by atoms with Gasteiger partial charge < -0.3 is 10.6 Å². The van der Waals surface area contributed by atoms with Crippen LogP contribution in [0.1, 0.15) is 51.2 Å². The zero-order chi connectivity index (χ0) is 13.5. The second-order valence-corrected chi connectivity index (χ2v) is 6.55. The Bertz CT molecular complexity index is 435. The molecule has 1 heterocycles. The van der Waals surface area contributed by atoms with E-state index < -0.39 is 0 Å². The molecule has 0 saturated carbocycles. The molecule has 0 spiro atoms. The van der Waals surface area contributed by atoms with Crippen molar-refractivity contribution in [3.05, 3.63) is 29.3 Å². The Morgan fingerprint density at radius 3 is 2.50 bits per heavy atom. The van der Waals surface area contributed by atoms with Gasteiger partial charge >= 0.3 is 0 Å². The molecule has 1 saturated heterocycles. The van der Waals surface area contributed by atoms with Crippen molar-refractivity contribution in [3.63, 3.8) is 0 Å². The number of hydrogen-bond acceptors (Lipinski definition) is 2. The summed E-state index contributed by atoms with van der Waals surface area (Å²) in [6.45, 7) is 12.3. The van der Waals surface area contributed by atoms with Crippen LogP contribution in [0.4, 0.5) is 5.69 Å². The molecule has 1 aliphatic heterocycles. The van der Waals surface area contributed by atoms with Crippen LogP contribution in [0.3, 0.4) is 0 Å². The van der Waals surface area contributed by atoms with E-state index in [0.29, 0.717) is 12.0 Å². The van der Waals surface area contributed by atoms with Crippen molar-refractivity contribution in [1.82, 2.24) is 0 Å². The lowest BCUT2D eigenvalue weighted by atomic mass is 9.94. The van der Waals surface area contributed by atoms with Gasteiger partial charge in [0.05, 0.1) is 0 Å². The molecule has 0 radical (unpaired) electrons. The summed E-state index contributed by atoms with van der Waals surface area (Å²) in [5, 5.41) is 0. The number of hydrogen-bond donors (Lipinski definition) is 1. The van der Waals surface area contributed by atoms with Gasteiger partial charge in [0.2, 0.25) is 0 Å². The first-order chi connectivity index (χ1) is 8.33. The minimum Gasteiger partial charge on any atom is -0.364 e. The topological polar surface area (TPSA) is 29.3 Å². The van der Waals surface area contributed by atoms with Gasteiger partial charge in [-0.25, -0.2) is 0 Å². The molecule has 0 aromatic heterocycles. The highest BCUT2D eigenvalue weighted by molar-refractivity contribution is 5.63. The van der Waals surface area contributed by atoms with Crippen LogP contribution < -0.4 is 10.6 Å². The Hall–Kier alpha value is -1.02. The molecule has 2 heteroatoms. The zero-order valence-corrected chi connectivity index (χ0v) is 12.3. The Morgan fingerprint density at radius 1 is 1.33 bits per heavy atom. The van der Waals surface area contributed by atoms with E-state index in [1.54, 1.807) is 0 Å². The van der Waals surface area contributed by atoms with E-state index in [-0.39, 0.29) is 5.54 Å². The molecule has 2 N–H and O–H groups in total. The maximum Gasteiger partial charge on any atom is 0.0436 e. The maximum atomic E-state index is 6.17. The number of anilines is 1. The molecule has 1 aromatic rings. The number of rotatable bonds is 2. The summed E-state index contributed by atoms with van der Waals surface area (Å²) in [5.41, 5.74) is 10.5. The molecule has 1 aromatic carbocycles. The van der Waals surface area contributed by atoms with Crippen molar-refractivity contribution >= 4 is 5.69 Å². The second-order valence-electron chi connectivity index (χ2n) is 6.55. The van der Waals surface area contributed by atoms with Crippen LogP contribution in [0.5, 0.6) is 0 Å². The van der Waals surface area contributed by atoms with E-state index >= 15 is 0 Å². The molecule has 2 rings (SSSR count). The Morgan fingerprint density at radius 2 is 2.00 bits per heavy atom.